The number of carboxylic acid groups (broad SMARTS) is 1. The van der Waals surface area contributed by atoms with Crippen LogP contribution < -0.4 is 11.1 Å². The summed E-state index contributed by atoms with van der Waals surface area (Å²) in [5.74, 6) is -1.20. The Morgan fingerprint density at radius 1 is 0.792 bits per heavy atom. The first-order chi connectivity index (χ1) is 25.0. The van der Waals surface area contributed by atoms with Gasteiger partial charge in [0.05, 0.1) is 55.4 Å². The molecule has 4 heterocycles. The molecule has 0 bridgehead atoms. The van der Waals surface area contributed by atoms with Crippen LogP contribution in [0, 0.1) is 13.8 Å². The Hall–Kier alpha value is -4.72. The normalized spacial score (nSPS) is 21.6. The molecule has 4 aromatic rings. The number of carboxylic acids is 1. The standard InChI is InChI=1S/C19H21ClN4O2.C16H16ClN3O3.C3H7N/c1-11-8-17(24(3)22-11)19(2)10-16(23-26-19)12-4-7-15(20)14(9-12)18(25)21-13-5-6-13;1-9-6-14(20(3)18-9)16(2)8-13(19-23-16)10-4-5-12(17)11(7-10)15(21)22;4-3-1-2-3/h4,7-9,13H,5-6,10H2,1-3H3,(H,21,25);4-7H,8H2,1-3H3,(H,21,22);3H,1-2,4H2. The number of amides is 1. The first-order valence-corrected chi connectivity index (χ1v) is 18.2. The number of rotatable bonds is 7. The molecule has 2 aliphatic carbocycles. The van der Waals surface area contributed by atoms with Crippen molar-refractivity contribution in [3.8, 4) is 0 Å². The Kier molecular flexibility index (Phi) is 10.7. The molecule has 0 spiro atoms. The number of nitrogens with one attached hydrogen (secondary N) is 1. The molecular weight excluding hydrogens is 719 g/mol. The number of nitrogens with two attached hydrogens (primary N) is 1. The van der Waals surface area contributed by atoms with E-state index >= 15 is 0 Å². The lowest BCUT2D eigenvalue weighted by Crippen LogP contribution is -2.26. The van der Waals surface area contributed by atoms with Crippen LogP contribution in [-0.4, -0.2) is 60.1 Å². The lowest BCUT2D eigenvalue weighted by atomic mass is 9.92. The van der Waals surface area contributed by atoms with Crippen LogP contribution in [0.15, 0.2) is 58.8 Å². The number of carbonyl (C=O) groups is 2. The van der Waals surface area contributed by atoms with Crippen LogP contribution in [0.3, 0.4) is 0 Å². The van der Waals surface area contributed by atoms with Gasteiger partial charge in [-0.1, -0.05) is 45.6 Å². The van der Waals surface area contributed by atoms with Crippen LogP contribution in [0.4, 0.5) is 0 Å². The fourth-order valence-corrected chi connectivity index (χ4v) is 6.61. The molecule has 2 fully saturated rings. The molecule has 0 saturated heterocycles. The molecule has 2 aliphatic heterocycles. The number of aryl methyl sites for hydroxylation is 4. The van der Waals surface area contributed by atoms with Crippen molar-refractivity contribution in [2.24, 2.45) is 30.1 Å². The van der Waals surface area contributed by atoms with E-state index in [4.69, 9.17) is 38.6 Å². The topological polar surface area (TPSA) is 171 Å². The summed E-state index contributed by atoms with van der Waals surface area (Å²) in [5.41, 5.74) is 11.3. The number of halogens is 2. The van der Waals surface area contributed by atoms with Crippen molar-refractivity contribution >= 4 is 46.5 Å². The fourth-order valence-electron chi connectivity index (χ4n) is 6.21. The van der Waals surface area contributed by atoms with E-state index in [9.17, 15) is 14.7 Å². The minimum absolute atomic E-state index is 0.0526. The van der Waals surface area contributed by atoms with E-state index in [0.717, 1.165) is 46.9 Å². The SMILES string of the molecule is Cc1cc(C2(C)CC(c3ccc(Cl)c(C(=O)NC4CC4)c3)=NO2)n(C)n1.Cc1cc(C2(C)CC(c3ccc(Cl)c(C(=O)O)c3)=NO2)n(C)n1.NC1CC1. The molecule has 1 amide bonds. The number of hydrogen-bond donors (Lipinski definition) is 3. The quantitative estimate of drug-likeness (QED) is 0.191. The molecule has 15 heteroatoms. The van der Waals surface area contributed by atoms with Gasteiger partial charge in [-0.15, -0.1) is 0 Å². The highest BCUT2D eigenvalue weighted by Crippen LogP contribution is 2.38. The molecule has 2 atom stereocenters. The Morgan fingerprint density at radius 3 is 1.60 bits per heavy atom. The van der Waals surface area contributed by atoms with Crippen molar-refractivity contribution in [1.29, 1.82) is 0 Å². The van der Waals surface area contributed by atoms with Gasteiger partial charge in [0, 0.05) is 50.1 Å². The van der Waals surface area contributed by atoms with Gasteiger partial charge in [-0.05, 0) is 89.8 Å². The van der Waals surface area contributed by atoms with Gasteiger partial charge in [0.1, 0.15) is 0 Å². The molecule has 2 aromatic heterocycles. The van der Waals surface area contributed by atoms with E-state index < -0.39 is 17.2 Å². The predicted molar refractivity (Wildman–Crippen MR) is 203 cm³/mol. The summed E-state index contributed by atoms with van der Waals surface area (Å²) in [7, 11) is 3.76. The van der Waals surface area contributed by atoms with Crippen molar-refractivity contribution in [2.75, 3.05) is 0 Å². The van der Waals surface area contributed by atoms with Crippen molar-refractivity contribution in [2.45, 2.75) is 89.5 Å². The van der Waals surface area contributed by atoms with Gasteiger partial charge >= 0.3 is 5.97 Å². The van der Waals surface area contributed by atoms with Crippen LogP contribution in [-0.2, 0) is 35.0 Å². The number of aromatic nitrogens is 4. The number of benzene rings is 2. The summed E-state index contributed by atoms with van der Waals surface area (Å²) in [6, 6.07) is 15.1. The Labute approximate surface area is 318 Å². The molecule has 4 aliphatic rings. The smallest absolute Gasteiger partial charge is 0.337 e. The van der Waals surface area contributed by atoms with Crippen LogP contribution in [0.25, 0.3) is 0 Å². The van der Waals surface area contributed by atoms with Crippen molar-refractivity contribution < 1.29 is 24.4 Å². The summed E-state index contributed by atoms with van der Waals surface area (Å²) >= 11 is 12.1. The summed E-state index contributed by atoms with van der Waals surface area (Å²) in [6.07, 6.45) is 5.71. The molecule has 2 unspecified atom stereocenters. The molecule has 0 radical (unpaired) electrons. The van der Waals surface area contributed by atoms with Crippen LogP contribution in [0.2, 0.25) is 10.0 Å². The lowest BCUT2D eigenvalue weighted by molar-refractivity contribution is -0.0137. The zero-order chi connectivity index (χ0) is 38.2. The minimum atomic E-state index is -1.07. The molecule has 280 valence electrons. The summed E-state index contributed by atoms with van der Waals surface area (Å²) < 4.78 is 3.60. The van der Waals surface area contributed by atoms with Gasteiger partial charge in [0.2, 0.25) is 0 Å². The first kappa shape index (κ1) is 38.0. The second-order valence-electron chi connectivity index (χ2n) is 14.4. The molecule has 53 heavy (non-hydrogen) atoms. The van der Waals surface area contributed by atoms with E-state index in [-0.39, 0.29) is 22.5 Å². The number of oxime groups is 2. The van der Waals surface area contributed by atoms with Gasteiger partial charge < -0.3 is 25.8 Å². The monoisotopic (exact) mass is 762 g/mol. The molecule has 4 N–H and O–H groups in total. The maximum atomic E-state index is 12.4. The van der Waals surface area contributed by atoms with Crippen molar-refractivity contribution in [3.05, 3.63) is 104 Å². The zero-order valence-electron chi connectivity index (χ0n) is 30.6. The second-order valence-corrected chi connectivity index (χ2v) is 15.3. The summed E-state index contributed by atoms with van der Waals surface area (Å²) in [4.78, 5) is 35.1. The third kappa shape index (κ3) is 8.75. The third-order valence-corrected chi connectivity index (χ3v) is 10.1. The molecular formula is C38H44Cl2N8O5. The first-order valence-electron chi connectivity index (χ1n) is 17.5. The van der Waals surface area contributed by atoms with Crippen molar-refractivity contribution in [3.63, 3.8) is 0 Å². The van der Waals surface area contributed by atoms with Gasteiger partial charge in [-0.25, -0.2) is 4.79 Å². The van der Waals surface area contributed by atoms with E-state index in [1.54, 1.807) is 28.9 Å². The number of aromatic carboxylic acids is 1. The molecule has 8 rings (SSSR count). The zero-order valence-corrected chi connectivity index (χ0v) is 32.1. The Morgan fingerprint density at radius 2 is 1.23 bits per heavy atom. The van der Waals surface area contributed by atoms with E-state index in [2.05, 4.69) is 25.8 Å². The van der Waals surface area contributed by atoms with Gasteiger partial charge in [0.15, 0.2) is 11.2 Å². The van der Waals surface area contributed by atoms with Gasteiger partial charge in [-0.2, -0.15) is 10.2 Å². The second kappa shape index (κ2) is 15.0. The molecule has 13 nitrogen and oxygen atoms in total. The third-order valence-electron chi connectivity index (χ3n) is 9.42. The minimum Gasteiger partial charge on any atom is -0.478 e. The fraction of sp³-hybridized carbons (Fsp3) is 0.421. The number of nitrogens with zero attached hydrogens (tertiary/aromatic N) is 6. The highest BCUT2D eigenvalue weighted by molar-refractivity contribution is 6.34. The predicted octanol–water partition coefficient (Wildman–Crippen LogP) is 6.54. The molecule has 2 saturated carbocycles. The van der Waals surface area contributed by atoms with E-state index in [1.165, 1.54) is 18.9 Å². The highest BCUT2D eigenvalue weighted by atomic mass is 35.5. The number of hydrogen-bond acceptors (Lipinski definition) is 9. The average molecular weight is 764 g/mol. The maximum absolute atomic E-state index is 12.4. The van der Waals surface area contributed by atoms with Gasteiger partial charge in [0.25, 0.3) is 5.91 Å². The number of carbonyl (C=O) groups excluding carboxylic acids is 1. The summed E-state index contributed by atoms with van der Waals surface area (Å²) in [5, 5.41) is 30.0. The lowest BCUT2D eigenvalue weighted by Gasteiger charge is -2.21. The Bertz CT molecular complexity index is 2120. The van der Waals surface area contributed by atoms with Crippen molar-refractivity contribution in [1.82, 2.24) is 24.9 Å². The van der Waals surface area contributed by atoms with E-state index in [1.807, 2.05) is 64.7 Å². The summed E-state index contributed by atoms with van der Waals surface area (Å²) in [6.45, 7) is 7.81. The molecule has 2 aromatic carbocycles. The van der Waals surface area contributed by atoms with Crippen LogP contribution in [0.5, 0.6) is 0 Å². The maximum Gasteiger partial charge on any atom is 0.337 e. The largest absolute Gasteiger partial charge is 0.478 e. The Balaban J connectivity index is 0.000000165. The van der Waals surface area contributed by atoms with Crippen LogP contribution >= 0.6 is 23.2 Å². The van der Waals surface area contributed by atoms with Crippen LogP contribution in [0.1, 0.15) is 107 Å². The van der Waals surface area contributed by atoms with E-state index in [0.29, 0.717) is 40.7 Å². The highest BCUT2D eigenvalue weighted by Gasteiger charge is 2.41. The van der Waals surface area contributed by atoms with Gasteiger partial charge in [-0.3, -0.25) is 14.2 Å². The average Bonchev–Trinajstić information content (AvgIpc) is 3.91.